The Morgan fingerprint density at radius 3 is 2.00 bits per heavy atom. The minimum atomic E-state index is -2.10. The van der Waals surface area contributed by atoms with Crippen LogP contribution in [0.25, 0.3) is 0 Å². The van der Waals surface area contributed by atoms with Crippen LogP contribution in [-0.2, 0) is 0 Å². The summed E-state index contributed by atoms with van der Waals surface area (Å²) in [7, 11) is 1.65. The van der Waals surface area contributed by atoms with E-state index in [4.69, 9.17) is 11.1 Å². The van der Waals surface area contributed by atoms with E-state index >= 15 is 0 Å². The minimum Gasteiger partial charge on any atom is -0.313 e. The van der Waals surface area contributed by atoms with E-state index in [1.165, 1.54) is 0 Å². The summed E-state index contributed by atoms with van der Waals surface area (Å²) in [6.45, 7) is 0. The molecule has 0 saturated carbocycles. The summed E-state index contributed by atoms with van der Waals surface area (Å²) in [4.78, 5) is 6.28. The van der Waals surface area contributed by atoms with Crippen LogP contribution >= 0.6 is 11.1 Å². The average Bonchev–Trinajstić information content (AvgIpc) is 2.18. The average molecular weight is 201 g/mol. The number of benzene rings is 1. The highest BCUT2D eigenvalue weighted by Crippen LogP contribution is 1.99. The SMILES string of the molecule is CN[Si](Cl)(NC)c1ccccc1. The third kappa shape index (κ3) is 1.87. The van der Waals surface area contributed by atoms with Gasteiger partial charge in [-0.1, -0.05) is 30.3 Å². The van der Waals surface area contributed by atoms with Gasteiger partial charge >= 0.3 is 7.71 Å². The predicted molar refractivity (Wildman–Crippen MR) is 55.8 cm³/mol. The molecule has 0 spiro atoms. The quantitative estimate of drug-likeness (QED) is 0.549. The lowest BCUT2D eigenvalue weighted by Crippen LogP contribution is -2.64. The molecule has 0 aromatic heterocycles. The molecule has 0 aliphatic carbocycles. The van der Waals surface area contributed by atoms with Gasteiger partial charge in [-0.2, -0.15) is 0 Å². The van der Waals surface area contributed by atoms with Crippen LogP contribution in [0.1, 0.15) is 0 Å². The van der Waals surface area contributed by atoms with Crippen molar-refractivity contribution in [3.8, 4) is 0 Å². The van der Waals surface area contributed by atoms with Gasteiger partial charge in [-0.15, -0.1) is 11.1 Å². The van der Waals surface area contributed by atoms with Gasteiger partial charge in [0, 0.05) is 0 Å². The van der Waals surface area contributed by atoms with Crippen LogP contribution in [-0.4, -0.2) is 21.8 Å². The molecule has 1 aromatic carbocycles. The van der Waals surface area contributed by atoms with Crippen molar-refractivity contribution < 1.29 is 0 Å². The zero-order valence-electron chi connectivity index (χ0n) is 7.26. The molecule has 0 radical (unpaired) electrons. The topological polar surface area (TPSA) is 24.1 Å². The fourth-order valence-electron chi connectivity index (χ4n) is 1.08. The Hall–Kier alpha value is -0.353. The summed E-state index contributed by atoms with van der Waals surface area (Å²) in [5.41, 5.74) is 0. The Bertz CT molecular complexity index is 236. The molecule has 0 aliphatic rings. The molecule has 1 rings (SSSR count). The maximum absolute atomic E-state index is 6.35. The van der Waals surface area contributed by atoms with E-state index in [0.717, 1.165) is 5.19 Å². The Morgan fingerprint density at radius 1 is 1.08 bits per heavy atom. The first kappa shape index (κ1) is 9.73. The Morgan fingerprint density at radius 2 is 1.58 bits per heavy atom. The van der Waals surface area contributed by atoms with Gasteiger partial charge in [0.25, 0.3) is 0 Å². The van der Waals surface area contributed by atoms with Gasteiger partial charge in [-0.25, -0.2) is 0 Å². The van der Waals surface area contributed by atoms with E-state index in [0.29, 0.717) is 0 Å². The first-order valence-corrected chi connectivity index (χ1v) is 6.86. The molecule has 0 heterocycles. The number of nitrogens with one attached hydrogen (secondary N) is 2. The van der Waals surface area contributed by atoms with E-state index in [9.17, 15) is 0 Å². The molecule has 12 heavy (non-hydrogen) atoms. The third-order valence-electron chi connectivity index (χ3n) is 1.86. The lowest BCUT2D eigenvalue weighted by Gasteiger charge is -2.22. The van der Waals surface area contributed by atoms with E-state index in [2.05, 4.69) is 9.96 Å². The summed E-state index contributed by atoms with van der Waals surface area (Å²) in [6, 6.07) is 10.0. The van der Waals surface area contributed by atoms with Crippen molar-refractivity contribution in [3.63, 3.8) is 0 Å². The highest BCUT2D eigenvalue weighted by atomic mass is 35.6. The second-order valence-electron chi connectivity index (χ2n) is 2.52. The van der Waals surface area contributed by atoms with Crippen molar-refractivity contribution in [1.29, 1.82) is 0 Å². The minimum absolute atomic E-state index is 1.15. The summed E-state index contributed by atoms with van der Waals surface area (Å²) in [5.74, 6) is 0. The molecule has 66 valence electrons. The van der Waals surface area contributed by atoms with E-state index in [-0.39, 0.29) is 0 Å². The molecule has 1 aromatic rings. The number of rotatable bonds is 3. The molecule has 2 nitrogen and oxygen atoms in total. The molecule has 0 fully saturated rings. The normalized spacial score (nSPS) is 11.6. The molecule has 0 amide bonds. The summed E-state index contributed by atoms with van der Waals surface area (Å²) in [5, 5.41) is 1.15. The zero-order chi connectivity index (χ0) is 9.03. The van der Waals surface area contributed by atoms with Crippen LogP contribution in [0.3, 0.4) is 0 Å². The van der Waals surface area contributed by atoms with Crippen molar-refractivity contribution in [2.45, 2.75) is 0 Å². The van der Waals surface area contributed by atoms with Crippen molar-refractivity contribution in [3.05, 3.63) is 30.3 Å². The fraction of sp³-hybridized carbons (Fsp3) is 0.250. The van der Waals surface area contributed by atoms with Crippen LogP contribution in [0.15, 0.2) is 30.3 Å². The second-order valence-corrected chi connectivity index (χ2v) is 7.12. The molecular weight excluding hydrogens is 188 g/mol. The molecule has 0 bridgehead atoms. The second kappa shape index (κ2) is 4.05. The lowest BCUT2D eigenvalue weighted by atomic mass is 10.4. The van der Waals surface area contributed by atoms with Gasteiger partial charge < -0.3 is 9.96 Å². The van der Waals surface area contributed by atoms with E-state index < -0.39 is 7.71 Å². The van der Waals surface area contributed by atoms with Crippen molar-refractivity contribution in [1.82, 2.24) is 9.96 Å². The molecule has 0 atom stereocenters. The Balaban J connectivity index is 2.95. The maximum atomic E-state index is 6.35. The Kier molecular flexibility index (Phi) is 3.28. The van der Waals surface area contributed by atoms with Gasteiger partial charge in [-0.05, 0) is 19.3 Å². The van der Waals surface area contributed by atoms with E-state index in [1.807, 2.05) is 44.4 Å². The number of hydrogen-bond acceptors (Lipinski definition) is 2. The molecule has 0 saturated heterocycles. The monoisotopic (exact) mass is 200 g/mol. The summed E-state index contributed by atoms with van der Waals surface area (Å²) < 4.78 is 0. The van der Waals surface area contributed by atoms with Crippen LogP contribution in [0, 0.1) is 0 Å². The number of hydrogen-bond donors (Lipinski definition) is 2. The highest BCUT2D eigenvalue weighted by molar-refractivity contribution is 7.24. The Labute approximate surface area is 78.8 Å². The van der Waals surface area contributed by atoms with Gasteiger partial charge in [0.15, 0.2) is 0 Å². The van der Waals surface area contributed by atoms with Gasteiger partial charge in [-0.3, -0.25) is 0 Å². The highest BCUT2D eigenvalue weighted by Gasteiger charge is 2.29. The van der Waals surface area contributed by atoms with Gasteiger partial charge in [0.1, 0.15) is 0 Å². The van der Waals surface area contributed by atoms with Gasteiger partial charge in [0.05, 0.1) is 0 Å². The van der Waals surface area contributed by atoms with Crippen molar-refractivity contribution in [2.75, 3.05) is 14.1 Å². The van der Waals surface area contributed by atoms with Crippen LogP contribution < -0.4 is 15.2 Å². The molecule has 2 N–H and O–H groups in total. The third-order valence-corrected chi connectivity index (χ3v) is 6.16. The number of halogens is 1. The summed E-state index contributed by atoms with van der Waals surface area (Å²) in [6.07, 6.45) is 0. The van der Waals surface area contributed by atoms with Crippen LogP contribution in [0.2, 0.25) is 0 Å². The largest absolute Gasteiger partial charge is 0.334 e. The predicted octanol–water partition coefficient (Wildman–Crippen LogP) is 0.510. The zero-order valence-corrected chi connectivity index (χ0v) is 9.02. The summed E-state index contributed by atoms with van der Waals surface area (Å²) >= 11 is 6.35. The van der Waals surface area contributed by atoms with Crippen molar-refractivity contribution >= 4 is 24.0 Å². The fourth-order valence-corrected chi connectivity index (χ4v) is 2.94. The lowest BCUT2D eigenvalue weighted by molar-refractivity contribution is 1.08. The first-order chi connectivity index (χ1) is 5.73. The van der Waals surface area contributed by atoms with Crippen LogP contribution in [0.4, 0.5) is 0 Å². The van der Waals surface area contributed by atoms with Crippen LogP contribution in [0.5, 0.6) is 0 Å². The molecule has 0 aliphatic heterocycles. The standard InChI is InChI=1S/C8H13ClN2Si/c1-10-12(9,11-2)8-6-4-3-5-7-8/h3-7,10-11H,1-2H3. The van der Waals surface area contributed by atoms with Crippen molar-refractivity contribution in [2.24, 2.45) is 0 Å². The maximum Gasteiger partial charge on any atom is 0.334 e. The first-order valence-electron chi connectivity index (χ1n) is 3.85. The smallest absolute Gasteiger partial charge is 0.313 e. The van der Waals surface area contributed by atoms with Gasteiger partial charge in [0.2, 0.25) is 0 Å². The molecular formula is C8H13ClN2Si. The molecule has 0 unspecified atom stereocenters. The molecule has 4 heteroatoms. The van der Waals surface area contributed by atoms with E-state index in [1.54, 1.807) is 0 Å².